The lowest BCUT2D eigenvalue weighted by atomic mass is 10.1. The number of carbonyl (C=O) groups is 2. The molecule has 0 aliphatic heterocycles. The van der Waals surface area contributed by atoms with E-state index >= 15 is 0 Å². The molecule has 1 aromatic rings. The summed E-state index contributed by atoms with van der Waals surface area (Å²) < 4.78 is 47.0. The maximum atomic E-state index is 12.7. The van der Waals surface area contributed by atoms with Crippen molar-refractivity contribution in [2.75, 3.05) is 19.5 Å². The second-order valence-corrected chi connectivity index (χ2v) is 4.07. The number of hydrogen-bond donors (Lipinski definition) is 1. The number of halogens is 3. The number of nitriles is 1. The first kappa shape index (κ1) is 18.0. The van der Waals surface area contributed by atoms with Crippen LogP contribution in [0.4, 0.5) is 18.9 Å². The number of carbonyl (C=O) groups excluding carboxylic acids is 2. The summed E-state index contributed by atoms with van der Waals surface area (Å²) >= 11 is 0. The van der Waals surface area contributed by atoms with Gasteiger partial charge in [0.05, 0.1) is 37.1 Å². The Morgan fingerprint density at radius 1 is 1.26 bits per heavy atom. The average molecular weight is 328 g/mol. The van der Waals surface area contributed by atoms with Crippen molar-refractivity contribution in [1.29, 1.82) is 5.26 Å². The van der Waals surface area contributed by atoms with Crippen molar-refractivity contribution >= 4 is 17.6 Å². The zero-order chi connectivity index (χ0) is 17.6. The van der Waals surface area contributed by atoms with Crippen LogP contribution in [0.1, 0.15) is 11.1 Å². The first-order valence-corrected chi connectivity index (χ1v) is 5.99. The van der Waals surface area contributed by atoms with Gasteiger partial charge in [-0.3, -0.25) is 0 Å². The van der Waals surface area contributed by atoms with E-state index in [2.05, 4.69) is 14.8 Å². The largest absolute Gasteiger partial charge is 0.466 e. The topological polar surface area (TPSA) is 88.4 Å². The van der Waals surface area contributed by atoms with Crippen LogP contribution < -0.4 is 5.32 Å². The van der Waals surface area contributed by atoms with Gasteiger partial charge in [-0.1, -0.05) is 0 Å². The van der Waals surface area contributed by atoms with Crippen LogP contribution in [0.25, 0.3) is 0 Å². The van der Waals surface area contributed by atoms with E-state index in [1.807, 2.05) is 0 Å². The van der Waals surface area contributed by atoms with Crippen LogP contribution in [-0.4, -0.2) is 26.2 Å². The quantitative estimate of drug-likeness (QED) is 0.673. The molecule has 0 atom stereocenters. The molecule has 1 N–H and O–H groups in total. The van der Waals surface area contributed by atoms with E-state index in [1.165, 1.54) is 0 Å². The molecule has 0 bridgehead atoms. The molecule has 0 saturated heterocycles. The molecule has 0 amide bonds. The zero-order valence-electron chi connectivity index (χ0n) is 12.0. The fourth-order valence-corrected chi connectivity index (χ4v) is 1.50. The third-order valence-electron chi connectivity index (χ3n) is 2.61. The molecule has 122 valence electrons. The minimum Gasteiger partial charge on any atom is -0.466 e. The number of nitrogens with one attached hydrogen (secondary N) is 1. The molecule has 23 heavy (non-hydrogen) atoms. The summed E-state index contributed by atoms with van der Waals surface area (Å²) in [5.74, 6) is -1.94. The lowest BCUT2D eigenvalue weighted by molar-refractivity contribution is -0.138. The monoisotopic (exact) mass is 328 g/mol. The van der Waals surface area contributed by atoms with E-state index in [9.17, 15) is 22.8 Å². The summed E-state index contributed by atoms with van der Waals surface area (Å²) in [7, 11) is 2.07. The van der Waals surface area contributed by atoms with Gasteiger partial charge in [-0.2, -0.15) is 18.4 Å². The molecule has 0 aliphatic rings. The number of rotatable bonds is 4. The van der Waals surface area contributed by atoms with Gasteiger partial charge in [0.1, 0.15) is 11.8 Å². The molecule has 9 heteroatoms. The lowest BCUT2D eigenvalue weighted by Crippen LogP contribution is -2.16. The minimum atomic E-state index is -4.64. The molecule has 0 fully saturated rings. The summed E-state index contributed by atoms with van der Waals surface area (Å²) in [6.45, 7) is 0. The fourth-order valence-electron chi connectivity index (χ4n) is 1.50. The van der Waals surface area contributed by atoms with Crippen LogP contribution >= 0.6 is 0 Å². The molecular weight excluding hydrogens is 317 g/mol. The second kappa shape index (κ2) is 7.31. The van der Waals surface area contributed by atoms with E-state index in [4.69, 9.17) is 5.26 Å². The highest BCUT2D eigenvalue weighted by Gasteiger charge is 2.31. The third-order valence-corrected chi connectivity index (χ3v) is 2.61. The maximum Gasteiger partial charge on any atom is 0.416 e. The van der Waals surface area contributed by atoms with Crippen LogP contribution in [-0.2, 0) is 25.2 Å². The Labute approximate surface area is 129 Å². The van der Waals surface area contributed by atoms with E-state index in [0.717, 1.165) is 26.4 Å². The first-order valence-electron chi connectivity index (χ1n) is 5.99. The van der Waals surface area contributed by atoms with E-state index in [0.29, 0.717) is 12.1 Å². The van der Waals surface area contributed by atoms with E-state index in [1.54, 1.807) is 6.07 Å². The first-order chi connectivity index (χ1) is 10.7. The van der Waals surface area contributed by atoms with Crippen molar-refractivity contribution < 1.29 is 32.2 Å². The van der Waals surface area contributed by atoms with Crippen molar-refractivity contribution in [3.05, 3.63) is 41.1 Å². The summed E-state index contributed by atoms with van der Waals surface area (Å²) in [5, 5.41) is 11.2. The highest BCUT2D eigenvalue weighted by atomic mass is 19.4. The van der Waals surface area contributed by atoms with Gasteiger partial charge in [0.25, 0.3) is 0 Å². The normalized spacial score (nSPS) is 11.4. The molecule has 1 aromatic carbocycles. The van der Waals surface area contributed by atoms with Gasteiger partial charge in [-0.15, -0.1) is 0 Å². The van der Waals surface area contributed by atoms with Crippen molar-refractivity contribution in [1.82, 2.24) is 0 Å². The van der Waals surface area contributed by atoms with Crippen LogP contribution in [0.15, 0.2) is 30.0 Å². The molecule has 0 unspecified atom stereocenters. The Kier molecular flexibility index (Phi) is 5.73. The van der Waals surface area contributed by atoms with Crippen LogP contribution in [0, 0.1) is 11.3 Å². The number of benzene rings is 1. The number of esters is 2. The van der Waals surface area contributed by atoms with Gasteiger partial charge in [0.15, 0.2) is 0 Å². The highest BCUT2D eigenvalue weighted by molar-refractivity contribution is 5.99. The minimum absolute atomic E-state index is 0.155. The van der Waals surface area contributed by atoms with E-state index < -0.39 is 29.4 Å². The van der Waals surface area contributed by atoms with Gasteiger partial charge >= 0.3 is 18.1 Å². The Morgan fingerprint density at radius 3 is 2.39 bits per heavy atom. The Hall–Kier alpha value is -3.02. The van der Waals surface area contributed by atoms with Gasteiger partial charge < -0.3 is 14.8 Å². The molecule has 0 radical (unpaired) electrons. The number of hydrogen-bond acceptors (Lipinski definition) is 6. The molecule has 0 heterocycles. The summed E-state index contributed by atoms with van der Waals surface area (Å²) in [4.78, 5) is 22.8. The molecule has 0 saturated carbocycles. The smallest absolute Gasteiger partial charge is 0.416 e. The zero-order valence-corrected chi connectivity index (χ0v) is 12.0. The summed E-state index contributed by atoms with van der Waals surface area (Å²) in [6.07, 6.45) is -3.94. The van der Waals surface area contributed by atoms with Gasteiger partial charge in [0, 0.05) is 0 Å². The average Bonchev–Trinajstić information content (AvgIpc) is 2.52. The Bertz CT molecular complexity index is 690. The third kappa shape index (κ3) is 4.74. The standard InChI is InChI=1S/C14H11F3N2O4/c1-22-12(20)6-11(13(21)23-2)19-10-5-9(14(15,16)17)4-3-8(10)7-18/h3-6,19H,1-2H3/b11-6+. The molecule has 6 nitrogen and oxygen atoms in total. The predicted octanol–water partition coefficient (Wildman–Crippen LogP) is 2.22. The molecule has 1 rings (SSSR count). The fraction of sp³-hybridized carbons (Fsp3) is 0.214. The maximum absolute atomic E-state index is 12.7. The van der Waals surface area contributed by atoms with Gasteiger partial charge in [0.2, 0.25) is 0 Å². The van der Waals surface area contributed by atoms with E-state index in [-0.39, 0.29) is 11.3 Å². The molecule has 0 spiro atoms. The second-order valence-electron chi connectivity index (χ2n) is 4.07. The van der Waals surface area contributed by atoms with Crippen LogP contribution in [0.2, 0.25) is 0 Å². The van der Waals surface area contributed by atoms with Crippen molar-refractivity contribution in [2.24, 2.45) is 0 Å². The number of methoxy groups -OCH3 is 2. The van der Waals surface area contributed by atoms with Gasteiger partial charge in [-0.25, -0.2) is 9.59 Å². The highest BCUT2D eigenvalue weighted by Crippen LogP contribution is 2.32. The summed E-state index contributed by atoms with van der Waals surface area (Å²) in [5.41, 5.74) is -1.96. The van der Waals surface area contributed by atoms with Crippen LogP contribution in [0.5, 0.6) is 0 Å². The summed E-state index contributed by atoms with van der Waals surface area (Å²) in [6, 6.07) is 3.99. The number of anilines is 1. The van der Waals surface area contributed by atoms with Crippen molar-refractivity contribution in [3.63, 3.8) is 0 Å². The number of alkyl halides is 3. The number of ether oxygens (including phenoxy) is 2. The Morgan fingerprint density at radius 2 is 1.91 bits per heavy atom. The Balaban J connectivity index is 3.32. The SMILES string of the molecule is COC(=O)/C=C(/Nc1cc(C(F)(F)F)ccc1C#N)C(=O)OC. The molecular formula is C14H11F3N2O4. The molecule has 0 aliphatic carbocycles. The number of nitrogens with zero attached hydrogens (tertiary/aromatic N) is 1. The van der Waals surface area contributed by atoms with Gasteiger partial charge in [-0.05, 0) is 18.2 Å². The predicted molar refractivity (Wildman–Crippen MR) is 71.9 cm³/mol. The van der Waals surface area contributed by atoms with Crippen molar-refractivity contribution in [3.8, 4) is 6.07 Å². The van der Waals surface area contributed by atoms with Crippen molar-refractivity contribution in [2.45, 2.75) is 6.18 Å². The lowest BCUT2D eigenvalue weighted by Gasteiger charge is -2.13. The molecule has 0 aromatic heterocycles. The van der Waals surface area contributed by atoms with Crippen LogP contribution in [0.3, 0.4) is 0 Å².